The summed E-state index contributed by atoms with van der Waals surface area (Å²) < 4.78 is 1.08. The Morgan fingerprint density at radius 2 is 2.29 bits per heavy atom. The lowest BCUT2D eigenvalue weighted by molar-refractivity contribution is 0.141. The van der Waals surface area contributed by atoms with Gasteiger partial charge in [0.05, 0.1) is 6.61 Å². The van der Waals surface area contributed by atoms with Crippen molar-refractivity contribution in [2.24, 2.45) is 5.90 Å². The first-order valence-electron chi connectivity index (χ1n) is 4.39. The second-order valence-corrected chi connectivity index (χ2v) is 3.95. The highest BCUT2D eigenvalue weighted by Crippen LogP contribution is 2.27. The van der Waals surface area contributed by atoms with Crippen molar-refractivity contribution in [2.45, 2.75) is 6.42 Å². The highest BCUT2D eigenvalue weighted by atomic mass is 79.9. The molecule has 0 aliphatic carbocycles. The molecule has 1 aromatic heterocycles. The third-order valence-corrected chi connectivity index (χ3v) is 2.86. The summed E-state index contributed by atoms with van der Waals surface area (Å²) in [6, 6.07) is 6.16. The number of halogens is 1. The van der Waals surface area contributed by atoms with Crippen LogP contribution in [-0.2, 0) is 11.3 Å². The zero-order chi connectivity index (χ0) is 9.97. The van der Waals surface area contributed by atoms with Gasteiger partial charge in [-0.1, -0.05) is 12.1 Å². The van der Waals surface area contributed by atoms with Gasteiger partial charge in [-0.15, -0.1) is 0 Å². The van der Waals surface area contributed by atoms with E-state index in [1.807, 2.05) is 18.3 Å². The van der Waals surface area contributed by atoms with Crippen LogP contribution in [0.1, 0.15) is 5.56 Å². The Morgan fingerprint density at radius 1 is 1.43 bits per heavy atom. The number of fused-ring (bicyclic) bond motifs is 1. The van der Waals surface area contributed by atoms with Crippen molar-refractivity contribution in [1.82, 2.24) is 4.98 Å². The van der Waals surface area contributed by atoms with Gasteiger partial charge < -0.3 is 9.82 Å². The van der Waals surface area contributed by atoms with Gasteiger partial charge in [0.1, 0.15) is 0 Å². The van der Waals surface area contributed by atoms with E-state index in [2.05, 4.69) is 31.8 Å². The molecule has 3 N–H and O–H groups in total. The summed E-state index contributed by atoms with van der Waals surface area (Å²) in [7, 11) is 0. The molecule has 2 rings (SSSR count). The first-order valence-corrected chi connectivity index (χ1v) is 5.18. The molecule has 0 saturated carbocycles. The number of aromatic amines is 1. The number of H-pyrrole nitrogens is 1. The predicted molar refractivity (Wildman–Crippen MR) is 59.8 cm³/mol. The average Bonchev–Trinajstić information content (AvgIpc) is 2.58. The van der Waals surface area contributed by atoms with E-state index in [-0.39, 0.29) is 0 Å². The maximum absolute atomic E-state index is 5.01. The quantitative estimate of drug-likeness (QED) is 0.827. The smallest absolute Gasteiger partial charge is 0.0719 e. The van der Waals surface area contributed by atoms with E-state index in [9.17, 15) is 0 Å². The van der Waals surface area contributed by atoms with Crippen LogP contribution in [0.5, 0.6) is 0 Å². The van der Waals surface area contributed by atoms with Crippen molar-refractivity contribution in [3.63, 3.8) is 0 Å². The van der Waals surface area contributed by atoms with Crippen LogP contribution in [-0.4, -0.2) is 11.6 Å². The van der Waals surface area contributed by atoms with Crippen molar-refractivity contribution in [3.05, 3.63) is 34.4 Å². The fourth-order valence-electron chi connectivity index (χ4n) is 1.59. The summed E-state index contributed by atoms with van der Waals surface area (Å²) in [5.74, 6) is 5.01. The molecule has 2 aromatic rings. The van der Waals surface area contributed by atoms with Crippen molar-refractivity contribution in [1.29, 1.82) is 0 Å². The third kappa shape index (κ3) is 1.68. The van der Waals surface area contributed by atoms with Gasteiger partial charge in [0.15, 0.2) is 0 Å². The average molecular weight is 255 g/mol. The van der Waals surface area contributed by atoms with Gasteiger partial charge in [0, 0.05) is 21.6 Å². The minimum absolute atomic E-state index is 0.538. The Bertz CT molecular complexity index is 439. The minimum Gasteiger partial charge on any atom is -0.360 e. The molecule has 0 unspecified atom stereocenters. The lowest BCUT2D eigenvalue weighted by atomic mass is 10.1. The van der Waals surface area contributed by atoms with Crippen molar-refractivity contribution in [2.75, 3.05) is 6.61 Å². The minimum atomic E-state index is 0.538. The fraction of sp³-hybridized carbons (Fsp3) is 0.200. The maximum atomic E-state index is 5.01. The molecule has 74 valence electrons. The Balaban J connectivity index is 2.46. The Labute approximate surface area is 90.3 Å². The second-order valence-electron chi connectivity index (χ2n) is 3.10. The normalized spacial score (nSPS) is 11.0. The number of nitrogens with one attached hydrogen (secondary N) is 1. The molecule has 0 fully saturated rings. The zero-order valence-electron chi connectivity index (χ0n) is 7.59. The summed E-state index contributed by atoms with van der Waals surface area (Å²) in [4.78, 5) is 7.77. The molecule has 1 aromatic carbocycles. The summed E-state index contributed by atoms with van der Waals surface area (Å²) in [5, 5.41) is 1.21. The van der Waals surface area contributed by atoms with Crippen LogP contribution in [0.3, 0.4) is 0 Å². The molecule has 3 nitrogen and oxygen atoms in total. The molecule has 0 bridgehead atoms. The van der Waals surface area contributed by atoms with Crippen molar-refractivity contribution in [3.8, 4) is 0 Å². The van der Waals surface area contributed by atoms with Gasteiger partial charge in [-0.05, 0) is 34.0 Å². The molecule has 4 heteroatoms. The molecule has 0 atom stereocenters. The molecular weight excluding hydrogens is 244 g/mol. The number of aromatic nitrogens is 1. The Morgan fingerprint density at radius 3 is 3.07 bits per heavy atom. The largest absolute Gasteiger partial charge is 0.360 e. The number of hydrogen-bond acceptors (Lipinski definition) is 2. The van der Waals surface area contributed by atoms with Gasteiger partial charge in [0.25, 0.3) is 0 Å². The summed E-state index contributed by atoms with van der Waals surface area (Å²) in [5.41, 5.74) is 2.37. The van der Waals surface area contributed by atoms with Crippen LogP contribution in [0, 0.1) is 0 Å². The number of hydrogen-bond donors (Lipinski definition) is 2. The zero-order valence-corrected chi connectivity index (χ0v) is 9.17. The number of rotatable bonds is 3. The van der Waals surface area contributed by atoms with E-state index in [4.69, 9.17) is 5.90 Å². The van der Waals surface area contributed by atoms with E-state index in [0.29, 0.717) is 6.61 Å². The van der Waals surface area contributed by atoms with Crippen LogP contribution < -0.4 is 5.90 Å². The summed E-state index contributed by atoms with van der Waals surface area (Å²) in [6.07, 6.45) is 2.77. The van der Waals surface area contributed by atoms with Crippen LogP contribution in [0.4, 0.5) is 0 Å². The number of nitrogens with two attached hydrogens (primary N) is 1. The summed E-state index contributed by atoms with van der Waals surface area (Å²) in [6.45, 7) is 0.538. The molecule has 0 amide bonds. The highest BCUT2D eigenvalue weighted by Gasteiger charge is 2.05. The monoisotopic (exact) mass is 254 g/mol. The van der Waals surface area contributed by atoms with Gasteiger partial charge in [-0.3, -0.25) is 0 Å². The van der Waals surface area contributed by atoms with Crippen molar-refractivity contribution >= 4 is 26.8 Å². The van der Waals surface area contributed by atoms with E-state index in [1.54, 1.807) is 0 Å². The Kier molecular flexibility index (Phi) is 2.86. The van der Waals surface area contributed by atoms with Gasteiger partial charge in [-0.25, -0.2) is 5.90 Å². The van der Waals surface area contributed by atoms with Gasteiger partial charge in [-0.2, -0.15) is 0 Å². The van der Waals surface area contributed by atoms with Crippen molar-refractivity contribution < 1.29 is 4.84 Å². The van der Waals surface area contributed by atoms with Gasteiger partial charge >= 0.3 is 0 Å². The molecule has 0 radical (unpaired) electrons. The number of benzene rings is 1. The molecule has 1 heterocycles. The first kappa shape index (κ1) is 9.71. The SMILES string of the molecule is NOCCc1cccc2[nH]cc(Br)c12. The van der Waals surface area contributed by atoms with E-state index in [1.165, 1.54) is 10.9 Å². The third-order valence-electron chi connectivity index (χ3n) is 2.23. The van der Waals surface area contributed by atoms with Crippen LogP contribution >= 0.6 is 15.9 Å². The van der Waals surface area contributed by atoms with Gasteiger partial charge in [0.2, 0.25) is 0 Å². The predicted octanol–water partition coefficient (Wildman–Crippen LogP) is 2.36. The lowest BCUT2D eigenvalue weighted by Crippen LogP contribution is -2.03. The summed E-state index contributed by atoms with van der Waals surface area (Å²) >= 11 is 3.51. The fourth-order valence-corrected chi connectivity index (χ4v) is 2.18. The van der Waals surface area contributed by atoms with E-state index in [0.717, 1.165) is 16.4 Å². The highest BCUT2D eigenvalue weighted by molar-refractivity contribution is 9.10. The molecule has 0 saturated heterocycles. The Hall–Kier alpha value is -0.840. The van der Waals surface area contributed by atoms with E-state index >= 15 is 0 Å². The molecule has 14 heavy (non-hydrogen) atoms. The molecule has 0 spiro atoms. The molecule has 0 aliphatic heterocycles. The van der Waals surface area contributed by atoms with Crippen LogP contribution in [0.2, 0.25) is 0 Å². The molecule has 0 aliphatic rings. The topological polar surface area (TPSA) is 51.0 Å². The lowest BCUT2D eigenvalue weighted by Gasteiger charge is -2.02. The van der Waals surface area contributed by atoms with Crippen LogP contribution in [0.15, 0.2) is 28.9 Å². The second kappa shape index (κ2) is 4.13. The van der Waals surface area contributed by atoms with Crippen LogP contribution in [0.25, 0.3) is 10.9 Å². The standard InChI is InChI=1S/C10H11BrN2O/c11-8-6-13-9-3-1-2-7(10(8)9)4-5-14-12/h1-3,6,13H,4-5,12H2. The first-order chi connectivity index (χ1) is 6.83. The molecular formula is C10H11BrN2O. The van der Waals surface area contributed by atoms with E-state index < -0.39 is 0 Å². The maximum Gasteiger partial charge on any atom is 0.0719 e.